The zero-order valence-corrected chi connectivity index (χ0v) is 17.3. The number of benzene rings is 1. The van der Waals surface area contributed by atoms with Crippen molar-refractivity contribution >= 4 is 34.8 Å². The van der Waals surface area contributed by atoms with Crippen LogP contribution in [0.2, 0.25) is 0 Å². The number of aromatic amines is 2. The maximum Gasteiger partial charge on any atom is 0.326 e. The number of fused-ring (bicyclic) bond motifs is 1. The van der Waals surface area contributed by atoms with Gasteiger partial charge in [0.1, 0.15) is 11.7 Å². The highest BCUT2D eigenvalue weighted by Gasteiger charge is 2.21. The summed E-state index contributed by atoms with van der Waals surface area (Å²) in [6, 6.07) is 5.30. The molecule has 2 heterocycles. The van der Waals surface area contributed by atoms with E-state index in [0.29, 0.717) is 23.9 Å². The van der Waals surface area contributed by atoms with Crippen LogP contribution >= 0.6 is 0 Å². The molecular weight excluding hydrogens is 438 g/mol. The molecule has 13 nitrogen and oxygen atoms in total. The summed E-state index contributed by atoms with van der Waals surface area (Å²) in [6.07, 6.45) is 2.27. The first kappa shape index (κ1) is 26.8. The van der Waals surface area contributed by atoms with Crippen LogP contribution in [0.1, 0.15) is 34.3 Å². The van der Waals surface area contributed by atoms with E-state index < -0.39 is 23.9 Å². The SMILES string of the molecule is Nc1nc2[nH]cc(CCc3ccc(C(=O)N[C@@H](CCC(=O)O)C(=O)O)cc3)c2c(=O)[nH]1.O.O. The first-order chi connectivity index (χ1) is 14.7. The minimum absolute atomic E-state index is 0. The fourth-order valence-electron chi connectivity index (χ4n) is 3.19. The van der Waals surface area contributed by atoms with Crippen molar-refractivity contribution in [2.45, 2.75) is 31.7 Å². The molecule has 0 radical (unpaired) electrons. The smallest absolute Gasteiger partial charge is 0.326 e. The van der Waals surface area contributed by atoms with Crippen LogP contribution in [0.25, 0.3) is 11.0 Å². The summed E-state index contributed by atoms with van der Waals surface area (Å²) < 4.78 is 0. The van der Waals surface area contributed by atoms with Crippen molar-refractivity contribution in [3.8, 4) is 0 Å². The number of hydrogen-bond acceptors (Lipinski definition) is 6. The van der Waals surface area contributed by atoms with Gasteiger partial charge in [-0.25, -0.2) is 4.79 Å². The molecule has 0 spiro atoms. The molecule has 0 saturated heterocycles. The van der Waals surface area contributed by atoms with E-state index in [9.17, 15) is 19.2 Å². The third-order valence-corrected chi connectivity index (χ3v) is 4.79. The Hall–Kier alpha value is -4.23. The van der Waals surface area contributed by atoms with Crippen LogP contribution in [0.5, 0.6) is 0 Å². The number of aromatic nitrogens is 3. The second-order valence-electron chi connectivity index (χ2n) is 6.98. The minimum atomic E-state index is -1.30. The maximum absolute atomic E-state index is 12.3. The van der Waals surface area contributed by atoms with Gasteiger partial charge in [0.05, 0.1) is 5.39 Å². The summed E-state index contributed by atoms with van der Waals surface area (Å²) >= 11 is 0. The molecule has 0 unspecified atom stereocenters. The zero-order valence-electron chi connectivity index (χ0n) is 17.3. The van der Waals surface area contributed by atoms with Crippen LogP contribution in [-0.4, -0.2) is 60.0 Å². The molecule has 0 saturated carbocycles. The van der Waals surface area contributed by atoms with Crippen molar-refractivity contribution in [2.75, 3.05) is 5.73 Å². The Morgan fingerprint density at radius 3 is 2.36 bits per heavy atom. The number of carboxylic acids is 2. The number of anilines is 1. The first-order valence-electron chi connectivity index (χ1n) is 9.44. The van der Waals surface area contributed by atoms with Gasteiger partial charge in [-0.15, -0.1) is 0 Å². The molecule has 3 aromatic rings. The lowest BCUT2D eigenvalue weighted by molar-refractivity contribution is -0.140. The number of carboxylic acid groups (broad SMARTS) is 2. The van der Waals surface area contributed by atoms with E-state index in [1.54, 1.807) is 30.5 Å². The molecule has 0 aliphatic rings. The first-order valence-corrected chi connectivity index (χ1v) is 9.44. The van der Waals surface area contributed by atoms with Crippen molar-refractivity contribution in [3.05, 3.63) is 57.5 Å². The lowest BCUT2D eigenvalue weighted by Gasteiger charge is -2.13. The standard InChI is InChI=1S/C20H21N5O6.2H2O/c21-20-24-16-15(18(29)25-20)12(9-22-16)6-3-10-1-4-11(5-2-10)17(28)23-13(19(30)31)7-8-14(26)27;;/h1-2,4-5,9,13H,3,6-8H2,(H,23,28)(H,26,27)(H,30,31)(H4,21,22,24,25,29);2*1H2/t13-;;/m0../s1. The molecule has 0 bridgehead atoms. The Morgan fingerprint density at radius 2 is 1.76 bits per heavy atom. The van der Waals surface area contributed by atoms with Gasteiger partial charge in [-0.2, -0.15) is 4.98 Å². The highest BCUT2D eigenvalue weighted by molar-refractivity contribution is 5.96. The number of amides is 1. The normalized spacial score (nSPS) is 11.2. The van der Waals surface area contributed by atoms with Gasteiger partial charge in [0.25, 0.3) is 11.5 Å². The van der Waals surface area contributed by atoms with Crippen molar-refractivity contribution in [1.29, 1.82) is 0 Å². The van der Waals surface area contributed by atoms with Crippen LogP contribution < -0.4 is 16.6 Å². The number of carbonyl (C=O) groups is 3. The Morgan fingerprint density at radius 1 is 1.09 bits per heavy atom. The van der Waals surface area contributed by atoms with Crippen LogP contribution in [-0.2, 0) is 22.4 Å². The number of rotatable bonds is 9. The average molecular weight is 463 g/mol. The van der Waals surface area contributed by atoms with E-state index in [1.165, 1.54) is 0 Å². The molecule has 1 aromatic carbocycles. The molecule has 0 fully saturated rings. The van der Waals surface area contributed by atoms with Crippen LogP contribution in [0.15, 0.2) is 35.3 Å². The molecular formula is C20H25N5O8. The predicted molar refractivity (Wildman–Crippen MR) is 118 cm³/mol. The molecule has 11 N–H and O–H groups in total. The van der Waals surface area contributed by atoms with Gasteiger partial charge < -0.3 is 37.2 Å². The molecule has 1 atom stereocenters. The van der Waals surface area contributed by atoms with Gasteiger partial charge in [-0.1, -0.05) is 12.1 Å². The zero-order chi connectivity index (χ0) is 22.5. The third kappa shape index (κ3) is 6.62. The Kier molecular flexibility index (Phi) is 9.26. The number of nitrogens with one attached hydrogen (secondary N) is 3. The Balaban J connectivity index is 0.00000272. The topological polar surface area (TPSA) is 254 Å². The molecule has 13 heteroatoms. The lowest BCUT2D eigenvalue weighted by atomic mass is 10.0. The number of aliphatic carboxylic acids is 2. The van der Waals surface area contributed by atoms with Gasteiger partial charge in [0.15, 0.2) is 0 Å². The summed E-state index contributed by atoms with van der Waals surface area (Å²) in [5, 5.41) is 20.6. The summed E-state index contributed by atoms with van der Waals surface area (Å²) in [4.78, 5) is 55.7. The fourth-order valence-corrected chi connectivity index (χ4v) is 3.19. The van der Waals surface area contributed by atoms with Crippen LogP contribution in [0.3, 0.4) is 0 Å². The number of aryl methyl sites for hydroxylation is 2. The number of nitrogens with two attached hydrogens (primary N) is 1. The second kappa shape index (κ2) is 11.4. The Labute approximate surface area is 186 Å². The largest absolute Gasteiger partial charge is 0.481 e. The number of nitrogen functional groups attached to an aromatic ring is 1. The van der Waals surface area contributed by atoms with Crippen molar-refractivity contribution < 1.29 is 35.5 Å². The summed E-state index contributed by atoms with van der Waals surface area (Å²) in [6.45, 7) is 0. The highest BCUT2D eigenvalue weighted by Crippen LogP contribution is 2.16. The van der Waals surface area contributed by atoms with E-state index in [4.69, 9.17) is 15.9 Å². The number of hydrogen-bond donors (Lipinski definition) is 6. The van der Waals surface area contributed by atoms with E-state index in [2.05, 4.69) is 20.3 Å². The van der Waals surface area contributed by atoms with Crippen molar-refractivity contribution in [2.24, 2.45) is 0 Å². The van der Waals surface area contributed by atoms with E-state index in [-0.39, 0.29) is 40.9 Å². The van der Waals surface area contributed by atoms with Gasteiger partial charge in [-0.3, -0.25) is 19.4 Å². The fraction of sp³-hybridized carbons (Fsp3) is 0.250. The average Bonchev–Trinajstić information content (AvgIpc) is 3.12. The van der Waals surface area contributed by atoms with Crippen molar-refractivity contribution in [1.82, 2.24) is 20.3 Å². The molecule has 3 rings (SSSR count). The number of carbonyl (C=O) groups excluding carboxylic acids is 1. The van der Waals surface area contributed by atoms with Gasteiger partial charge in [-0.05, 0) is 42.5 Å². The summed E-state index contributed by atoms with van der Waals surface area (Å²) in [5.41, 5.74) is 7.59. The quantitative estimate of drug-likeness (QED) is 0.229. The highest BCUT2D eigenvalue weighted by atomic mass is 16.4. The molecule has 178 valence electrons. The number of H-pyrrole nitrogens is 2. The van der Waals surface area contributed by atoms with Gasteiger partial charge >= 0.3 is 11.9 Å². The monoisotopic (exact) mass is 463 g/mol. The van der Waals surface area contributed by atoms with Gasteiger partial charge in [0.2, 0.25) is 5.95 Å². The van der Waals surface area contributed by atoms with E-state index >= 15 is 0 Å². The van der Waals surface area contributed by atoms with Crippen LogP contribution in [0.4, 0.5) is 5.95 Å². The molecule has 33 heavy (non-hydrogen) atoms. The van der Waals surface area contributed by atoms with Crippen molar-refractivity contribution in [3.63, 3.8) is 0 Å². The molecule has 0 aliphatic heterocycles. The summed E-state index contributed by atoms with van der Waals surface area (Å²) in [5.74, 6) is -3.00. The van der Waals surface area contributed by atoms with E-state index in [1.807, 2.05) is 0 Å². The second-order valence-corrected chi connectivity index (χ2v) is 6.98. The van der Waals surface area contributed by atoms with Gasteiger partial charge in [0, 0.05) is 18.2 Å². The summed E-state index contributed by atoms with van der Waals surface area (Å²) in [7, 11) is 0. The maximum atomic E-state index is 12.3. The van der Waals surface area contributed by atoms with Crippen LogP contribution in [0, 0.1) is 0 Å². The minimum Gasteiger partial charge on any atom is -0.481 e. The predicted octanol–water partition coefficient (Wildman–Crippen LogP) is -0.983. The number of nitrogens with zero attached hydrogens (tertiary/aromatic N) is 1. The Bertz CT molecular complexity index is 1190. The van der Waals surface area contributed by atoms with E-state index in [0.717, 1.165) is 11.1 Å². The third-order valence-electron chi connectivity index (χ3n) is 4.79. The molecule has 2 aromatic heterocycles. The molecule has 0 aliphatic carbocycles. The lowest BCUT2D eigenvalue weighted by Crippen LogP contribution is -2.41. The molecule has 1 amide bonds.